The molecule has 0 spiro atoms. The zero-order valence-electron chi connectivity index (χ0n) is 7.64. The Kier molecular flexibility index (Phi) is 2.74. The summed E-state index contributed by atoms with van der Waals surface area (Å²) in [5, 5.41) is 2.66. The summed E-state index contributed by atoms with van der Waals surface area (Å²) in [4.78, 5) is 5.33. The topological polar surface area (TPSA) is 30.0 Å². The van der Waals surface area contributed by atoms with Crippen LogP contribution in [0.3, 0.4) is 0 Å². The third-order valence-electron chi connectivity index (χ3n) is 1.84. The summed E-state index contributed by atoms with van der Waals surface area (Å²) in [6.07, 6.45) is 3.40. The highest BCUT2D eigenvalue weighted by molar-refractivity contribution is 7.84. The van der Waals surface area contributed by atoms with Gasteiger partial charge in [0.25, 0.3) is 0 Å². The Morgan fingerprint density at radius 1 is 1.36 bits per heavy atom. The molecule has 0 fully saturated rings. The van der Waals surface area contributed by atoms with Crippen LogP contribution in [0.4, 0.5) is 0 Å². The maximum absolute atomic E-state index is 11.1. The van der Waals surface area contributed by atoms with Gasteiger partial charge in [-0.15, -0.1) is 11.3 Å². The highest BCUT2D eigenvalue weighted by Crippen LogP contribution is 2.23. The van der Waals surface area contributed by atoms with E-state index in [0.29, 0.717) is 5.03 Å². The highest BCUT2D eigenvalue weighted by Gasteiger charge is 2.01. The minimum Gasteiger partial charge on any atom is -0.253 e. The summed E-state index contributed by atoms with van der Waals surface area (Å²) < 4.78 is 11.1. The predicted molar refractivity (Wildman–Crippen MR) is 59.9 cm³/mol. The van der Waals surface area contributed by atoms with E-state index in [4.69, 9.17) is 0 Å². The fourth-order valence-electron chi connectivity index (χ4n) is 1.14. The summed E-state index contributed by atoms with van der Waals surface area (Å²) in [6.45, 7) is 0. The fraction of sp³-hybridized carbons (Fsp3) is 0.100. The Labute approximate surface area is 89.1 Å². The predicted octanol–water partition coefficient (Wildman–Crippen LogP) is 2.55. The maximum Gasteiger partial charge on any atom is 0.126 e. The minimum absolute atomic E-state index is 0.630. The van der Waals surface area contributed by atoms with Crippen molar-refractivity contribution in [1.29, 1.82) is 0 Å². The van der Waals surface area contributed by atoms with Gasteiger partial charge in [0.05, 0.1) is 10.8 Å². The molecule has 2 nitrogen and oxygen atoms in total. The van der Waals surface area contributed by atoms with Gasteiger partial charge in [-0.1, -0.05) is 6.07 Å². The average molecular weight is 223 g/mol. The van der Waals surface area contributed by atoms with Crippen LogP contribution < -0.4 is 0 Å². The lowest BCUT2D eigenvalue weighted by molar-refractivity contribution is 0.684. The van der Waals surface area contributed by atoms with Crippen molar-refractivity contribution in [3.63, 3.8) is 0 Å². The Morgan fingerprint density at radius 2 is 2.21 bits per heavy atom. The quantitative estimate of drug-likeness (QED) is 0.783. The number of hydrogen-bond donors (Lipinski definition) is 0. The van der Waals surface area contributed by atoms with Crippen LogP contribution in [0, 0.1) is 0 Å². The average Bonchev–Trinajstić information content (AvgIpc) is 2.71. The van der Waals surface area contributed by atoms with Crippen molar-refractivity contribution in [2.45, 2.75) is 5.03 Å². The molecular weight excluding hydrogens is 214 g/mol. The second-order valence-corrected chi connectivity index (χ2v) is 5.09. The molecule has 2 heterocycles. The molecule has 72 valence electrons. The highest BCUT2D eigenvalue weighted by atomic mass is 32.2. The summed E-state index contributed by atoms with van der Waals surface area (Å²) in [6, 6.07) is 7.82. The standard InChI is InChI=1S/C10H9NOS2/c1-14(12)10-5-4-8(7-11-10)9-3-2-6-13-9/h2-7H,1H3. The molecule has 2 aromatic rings. The Morgan fingerprint density at radius 3 is 2.71 bits per heavy atom. The molecule has 0 aliphatic rings. The van der Waals surface area contributed by atoms with Crippen LogP contribution in [0.25, 0.3) is 10.4 Å². The van der Waals surface area contributed by atoms with Crippen molar-refractivity contribution in [3.8, 4) is 10.4 Å². The van der Waals surface area contributed by atoms with Gasteiger partial charge in [0.2, 0.25) is 0 Å². The van der Waals surface area contributed by atoms with Gasteiger partial charge < -0.3 is 0 Å². The second-order valence-electron chi connectivity index (χ2n) is 2.82. The molecule has 0 radical (unpaired) electrons. The normalized spacial score (nSPS) is 12.6. The molecule has 2 aromatic heterocycles. The van der Waals surface area contributed by atoms with E-state index >= 15 is 0 Å². The van der Waals surface area contributed by atoms with Gasteiger partial charge >= 0.3 is 0 Å². The van der Waals surface area contributed by atoms with Crippen LogP contribution in [-0.2, 0) is 10.8 Å². The van der Waals surface area contributed by atoms with Crippen LogP contribution in [0.2, 0.25) is 0 Å². The number of hydrogen-bond acceptors (Lipinski definition) is 3. The Hall–Kier alpha value is -1.00. The fourth-order valence-corrected chi connectivity index (χ4v) is 2.32. The lowest BCUT2D eigenvalue weighted by atomic mass is 10.2. The third kappa shape index (κ3) is 1.91. The molecule has 0 amide bonds. The molecule has 0 N–H and O–H groups in total. The van der Waals surface area contributed by atoms with Crippen LogP contribution in [0.15, 0.2) is 40.9 Å². The van der Waals surface area contributed by atoms with Crippen LogP contribution in [0.1, 0.15) is 0 Å². The zero-order valence-corrected chi connectivity index (χ0v) is 9.27. The van der Waals surface area contributed by atoms with Crippen molar-refractivity contribution in [2.24, 2.45) is 0 Å². The van der Waals surface area contributed by atoms with Crippen molar-refractivity contribution in [1.82, 2.24) is 4.98 Å². The number of nitrogens with zero attached hydrogens (tertiary/aromatic N) is 1. The van der Waals surface area contributed by atoms with Crippen molar-refractivity contribution >= 4 is 22.1 Å². The number of aromatic nitrogens is 1. The third-order valence-corrected chi connectivity index (χ3v) is 3.59. The second kappa shape index (κ2) is 4.02. The SMILES string of the molecule is CS(=O)c1ccc(-c2cccs2)cn1. The van der Waals surface area contributed by atoms with Gasteiger partial charge in [-0.05, 0) is 23.6 Å². The molecule has 1 atom stereocenters. The maximum atomic E-state index is 11.1. The molecule has 1 unspecified atom stereocenters. The van der Waals surface area contributed by atoms with Gasteiger partial charge in [-0.3, -0.25) is 4.21 Å². The van der Waals surface area contributed by atoms with Gasteiger partial charge in [0, 0.05) is 22.9 Å². The molecule has 0 saturated heterocycles. The van der Waals surface area contributed by atoms with Crippen LogP contribution >= 0.6 is 11.3 Å². The summed E-state index contributed by atoms with van der Waals surface area (Å²) in [5.74, 6) is 0. The molecule has 2 rings (SSSR count). The molecule has 14 heavy (non-hydrogen) atoms. The zero-order chi connectivity index (χ0) is 9.97. The molecule has 0 saturated carbocycles. The summed E-state index contributed by atoms with van der Waals surface area (Å²) in [7, 11) is -0.992. The number of pyridine rings is 1. The van der Waals surface area contributed by atoms with Crippen molar-refractivity contribution in [3.05, 3.63) is 35.8 Å². The Balaban J connectivity index is 2.36. The molecule has 4 heteroatoms. The smallest absolute Gasteiger partial charge is 0.126 e. The van der Waals surface area contributed by atoms with E-state index in [9.17, 15) is 4.21 Å². The van der Waals surface area contributed by atoms with Crippen molar-refractivity contribution in [2.75, 3.05) is 6.26 Å². The summed E-state index contributed by atoms with van der Waals surface area (Å²) >= 11 is 1.67. The number of thiophene rings is 1. The van der Waals surface area contributed by atoms with Gasteiger partial charge in [-0.25, -0.2) is 4.98 Å². The van der Waals surface area contributed by atoms with E-state index in [-0.39, 0.29) is 0 Å². The van der Waals surface area contributed by atoms with Crippen LogP contribution in [0.5, 0.6) is 0 Å². The minimum atomic E-state index is -0.992. The van der Waals surface area contributed by atoms with Gasteiger partial charge in [0.1, 0.15) is 5.03 Å². The number of rotatable bonds is 2. The van der Waals surface area contributed by atoms with E-state index in [1.807, 2.05) is 29.6 Å². The first-order valence-electron chi connectivity index (χ1n) is 4.11. The molecule has 0 aliphatic heterocycles. The first kappa shape index (κ1) is 9.55. The van der Waals surface area contributed by atoms with E-state index in [2.05, 4.69) is 4.98 Å². The van der Waals surface area contributed by atoms with E-state index in [0.717, 1.165) is 5.56 Å². The van der Waals surface area contributed by atoms with Gasteiger partial charge in [-0.2, -0.15) is 0 Å². The van der Waals surface area contributed by atoms with Crippen LogP contribution in [-0.4, -0.2) is 15.4 Å². The van der Waals surface area contributed by atoms with E-state index in [1.54, 1.807) is 23.8 Å². The van der Waals surface area contributed by atoms with E-state index in [1.165, 1.54) is 4.88 Å². The van der Waals surface area contributed by atoms with Gasteiger partial charge in [0.15, 0.2) is 0 Å². The molecule has 0 aromatic carbocycles. The largest absolute Gasteiger partial charge is 0.253 e. The van der Waals surface area contributed by atoms with E-state index < -0.39 is 10.8 Å². The molecule has 0 bridgehead atoms. The lowest BCUT2D eigenvalue weighted by Crippen LogP contribution is -1.90. The monoisotopic (exact) mass is 223 g/mol. The molecular formula is C10H9NOS2. The summed E-state index contributed by atoms with van der Waals surface area (Å²) in [5.41, 5.74) is 1.08. The first-order chi connectivity index (χ1) is 6.77. The van der Waals surface area contributed by atoms with Crippen molar-refractivity contribution < 1.29 is 4.21 Å². The first-order valence-corrected chi connectivity index (χ1v) is 6.54. The molecule has 0 aliphatic carbocycles. The lowest BCUT2D eigenvalue weighted by Gasteiger charge is -1.98. The Bertz CT molecular complexity index is 434.